The maximum absolute atomic E-state index is 6.78. The molecule has 3 heterocycles. The first-order chi connectivity index (χ1) is 23.7. The second kappa shape index (κ2) is 12.3. The largest absolute Gasteiger partial charge is 0.457 e. The topological polar surface area (TPSA) is 44.9 Å². The van der Waals surface area contributed by atoms with Crippen molar-refractivity contribution in [3.63, 3.8) is 0 Å². The Morgan fingerprint density at radius 2 is 1.38 bits per heavy atom. The monoisotopic (exact) mass is 660 g/mol. The zero-order chi connectivity index (χ0) is 35.5. The van der Waals surface area contributed by atoms with Crippen molar-refractivity contribution in [1.82, 2.24) is 19.3 Å². The number of hydrogen-bond donors (Lipinski definition) is 0. The molecule has 0 fully saturated rings. The van der Waals surface area contributed by atoms with Gasteiger partial charge >= 0.3 is 0 Å². The van der Waals surface area contributed by atoms with Gasteiger partial charge in [0.15, 0.2) is 0 Å². The highest BCUT2D eigenvalue weighted by Gasteiger charge is 2.34. The zero-order valence-corrected chi connectivity index (χ0v) is 31.1. The Labute approximate surface area is 296 Å². The second-order valence-electron chi connectivity index (χ2n) is 15.8. The molecule has 0 aliphatic heterocycles. The van der Waals surface area contributed by atoms with Gasteiger partial charge in [0.2, 0.25) is 0 Å². The molecule has 0 radical (unpaired) electrons. The minimum Gasteiger partial charge on any atom is -0.457 e. The second-order valence-corrected chi connectivity index (χ2v) is 15.8. The van der Waals surface area contributed by atoms with Gasteiger partial charge in [-0.25, -0.2) is 9.67 Å². The molecular formula is C45H48N4O. The molecule has 0 saturated carbocycles. The molecule has 0 atom stereocenters. The van der Waals surface area contributed by atoms with Crippen LogP contribution in [0, 0.1) is 20.8 Å². The number of aryl methyl sites for hydroxylation is 4. The number of ether oxygens (including phenoxy) is 1. The number of para-hydroxylation sites is 1. The molecule has 0 amide bonds. The Balaban J connectivity index is 1.41. The lowest BCUT2D eigenvalue weighted by Gasteiger charge is -2.26. The summed E-state index contributed by atoms with van der Waals surface area (Å²) in [5.41, 5.74) is 12.5. The lowest BCUT2D eigenvalue weighted by molar-refractivity contribution is 0.481. The highest BCUT2D eigenvalue weighted by molar-refractivity contribution is 6.09. The van der Waals surface area contributed by atoms with Crippen molar-refractivity contribution < 1.29 is 4.74 Å². The molecule has 0 N–H and O–H groups in total. The van der Waals surface area contributed by atoms with E-state index in [2.05, 4.69) is 163 Å². The van der Waals surface area contributed by atoms with Crippen molar-refractivity contribution in [2.45, 2.75) is 86.5 Å². The van der Waals surface area contributed by atoms with Crippen LogP contribution in [0.4, 0.5) is 0 Å². The normalized spacial score (nSPS) is 12.3. The molecule has 0 spiro atoms. The van der Waals surface area contributed by atoms with E-state index in [0.717, 1.165) is 46.2 Å². The van der Waals surface area contributed by atoms with Gasteiger partial charge in [0.05, 0.1) is 28.1 Å². The molecule has 0 bridgehead atoms. The summed E-state index contributed by atoms with van der Waals surface area (Å²) in [6, 6.07) is 32.2. The Kier molecular flexibility index (Phi) is 8.21. The van der Waals surface area contributed by atoms with Crippen LogP contribution in [0.5, 0.6) is 11.5 Å². The molecule has 50 heavy (non-hydrogen) atoms. The third-order valence-electron chi connectivity index (χ3n) is 9.65. The Bertz CT molecular complexity index is 2370. The molecule has 0 aliphatic carbocycles. The van der Waals surface area contributed by atoms with E-state index in [0.29, 0.717) is 0 Å². The molecule has 254 valence electrons. The van der Waals surface area contributed by atoms with Crippen LogP contribution in [0.2, 0.25) is 0 Å². The summed E-state index contributed by atoms with van der Waals surface area (Å²) in [5, 5.41) is 7.82. The standard InChI is InChI=1S/C45H48N4O/c1-11-31-24-32(49-43(45(8,9)10)41(42(47-49)44(5,6)7)40-29(3)15-14-16-30(40)4)26-34(25-31)50-33-19-20-36-35-17-12-13-18-37(35)48(38(36)27-33)39-23-28(2)21-22-46-39/h12-27H,11H2,1-10H3. The van der Waals surface area contributed by atoms with Crippen molar-refractivity contribution in [3.05, 3.63) is 131 Å². The Hall–Kier alpha value is -5.16. The van der Waals surface area contributed by atoms with Crippen LogP contribution in [-0.4, -0.2) is 19.3 Å². The van der Waals surface area contributed by atoms with Crippen LogP contribution in [0.15, 0.2) is 97.2 Å². The van der Waals surface area contributed by atoms with Gasteiger partial charge in [0.25, 0.3) is 0 Å². The summed E-state index contributed by atoms with van der Waals surface area (Å²) >= 11 is 0. The first-order valence-electron chi connectivity index (χ1n) is 17.7. The highest BCUT2D eigenvalue weighted by Crippen LogP contribution is 2.44. The highest BCUT2D eigenvalue weighted by atomic mass is 16.5. The third kappa shape index (κ3) is 5.89. The number of nitrogens with zero attached hydrogens (tertiary/aromatic N) is 4. The van der Waals surface area contributed by atoms with Crippen molar-refractivity contribution in [2.75, 3.05) is 0 Å². The fourth-order valence-electron chi connectivity index (χ4n) is 7.34. The number of fused-ring (bicyclic) bond motifs is 3. The van der Waals surface area contributed by atoms with E-state index in [-0.39, 0.29) is 10.8 Å². The lowest BCUT2D eigenvalue weighted by Crippen LogP contribution is -2.19. The summed E-state index contributed by atoms with van der Waals surface area (Å²) in [7, 11) is 0. The fourth-order valence-corrected chi connectivity index (χ4v) is 7.34. The summed E-state index contributed by atoms with van der Waals surface area (Å²) < 4.78 is 11.2. The van der Waals surface area contributed by atoms with Gasteiger partial charge in [-0.05, 0) is 97.5 Å². The first kappa shape index (κ1) is 33.3. The summed E-state index contributed by atoms with van der Waals surface area (Å²) in [4.78, 5) is 4.76. The third-order valence-corrected chi connectivity index (χ3v) is 9.65. The number of pyridine rings is 1. The Morgan fingerprint density at radius 1 is 0.660 bits per heavy atom. The number of hydrogen-bond acceptors (Lipinski definition) is 3. The predicted octanol–water partition coefficient (Wildman–Crippen LogP) is 11.9. The van der Waals surface area contributed by atoms with E-state index < -0.39 is 0 Å². The fraction of sp³-hybridized carbons (Fsp3) is 0.289. The van der Waals surface area contributed by atoms with E-state index in [1.807, 2.05) is 12.3 Å². The van der Waals surface area contributed by atoms with Gasteiger partial charge in [0, 0.05) is 45.5 Å². The van der Waals surface area contributed by atoms with Gasteiger partial charge in [-0.3, -0.25) is 4.57 Å². The zero-order valence-electron chi connectivity index (χ0n) is 31.1. The van der Waals surface area contributed by atoms with Crippen LogP contribution >= 0.6 is 0 Å². The molecule has 3 aromatic heterocycles. The molecule has 4 aromatic carbocycles. The van der Waals surface area contributed by atoms with E-state index in [4.69, 9.17) is 14.8 Å². The maximum Gasteiger partial charge on any atom is 0.137 e. The minimum atomic E-state index is -0.188. The van der Waals surface area contributed by atoms with Crippen molar-refractivity contribution in [2.24, 2.45) is 0 Å². The van der Waals surface area contributed by atoms with E-state index in [1.165, 1.54) is 49.8 Å². The van der Waals surface area contributed by atoms with Crippen LogP contribution in [0.1, 0.15) is 82.1 Å². The van der Waals surface area contributed by atoms with Gasteiger partial charge in [0.1, 0.15) is 17.3 Å². The SMILES string of the molecule is CCc1cc(Oc2ccc3c4ccccc4n(-c4cc(C)ccn4)c3c2)cc(-n2nc(C(C)(C)C)c(-c3c(C)cccc3C)c2C(C)(C)C)c1. The van der Waals surface area contributed by atoms with Gasteiger partial charge < -0.3 is 4.74 Å². The summed E-state index contributed by atoms with van der Waals surface area (Å²) in [5.74, 6) is 2.46. The Morgan fingerprint density at radius 3 is 2.06 bits per heavy atom. The van der Waals surface area contributed by atoms with Crippen LogP contribution in [0.3, 0.4) is 0 Å². The smallest absolute Gasteiger partial charge is 0.137 e. The molecule has 7 aromatic rings. The van der Waals surface area contributed by atoms with Crippen molar-refractivity contribution >= 4 is 21.8 Å². The average Bonchev–Trinajstić information content (AvgIpc) is 3.62. The van der Waals surface area contributed by atoms with Gasteiger partial charge in [-0.1, -0.05) is 84.9 Å². The van der Waals surface area contributed by atoms with Gasteiger partial charge in [-0.15, -0.1) is 0 Å². The molecule has 5 nitrogen and oxygen atoms in total. The summed E-state index contributed by atoms with van der Waals surface area (Å²) in [6.45, 7) is 22.4. The maximum atomic E-state index is 6.78. The molecule has 7 rings (SSSR count). The van der Waals surface area contributed by atoms with Crippen LogP contribution < -0.4 is 4.74 Å². The first-order valence-corrected chi connectivity index (χ1v) is 17.7. The molecule has 5 heteroatoms. The lowest BCUT2D eigenvalue weighted by atomic mass is 9.79. The number of aromatic nitrogens is 4. The predicted molar refractivity (Wildman–Crippen MR) is 209 cm³/mol. The molecule has 0 saturated heterocycles. The van der Waals surface area contributed by atoms with Crippen LogP contribution in [0.25, 0.3) is 44.4 Å². The molecule has 0 aliphatic rings. The molecular weight excluding hydrogens is 613 g/mol. The average molecular weight is 661 g/mol. The number of rotatable bonds is 6. The van der Waals surface area contributed by atoms with E-state index >= 15 is 0 Å². The van der Waals surface area contributed by atoms with E-state index in [1.54, 1.807) is 0 Å². The van der Waals surface area contributed by atoms with E-state index in [9.17, 15) is 0 Å². The van der Waals surface area contributed by atoms with Crippen molar-refractivity contribution in [1.29, 1.82) is 0 Å². The quantitative estimate of drug-likeness (QED) is 0.178. The molecule has 0 unspecified atom stereocenters. The number of benzene rings is 4. The summed E-state index contributed by atoms with van der Waals surface area (Å²) in [6.07, 6.45) is 2.75. The van der Waals surface area contributed by atoms with Crippen molar-refractivity contribution in [3.8, 4) is 34.1 Å². The van der Waals surface area contributed by atoms with Gasteiger partial charge in [-0.2, -0.15) is 5.10 Å². The minimum absolute atomic E-state index is 0.170. The van der Waals surface area contributed by atoms with Crippen LogP contribution in [-0.2, 0) is 17.3 Å².